The van der Waals surface area contributed by atoms with E-state index in [1.54, 1.807) is 6.08 Å². The number of piperidine rings is 1. The zero-order chi connectivity index (χ0) is 16.1. The molecule has 5 rings (SSSR count). The highest BCUT2D eigenvalue weighted by molar-refractivity contribution is 5.71. The van der Waals surface area contributed by atoms with Crippen molar-refractivity contribution in [3.8, 4) is 23.0 Å². The molecule has 6 heteroatoms. The number of aromatic hydroxyl groups is 3. The van der Waals surface area contributed by atoms with Crippen molar-refractivity contribution in [2.24, 2.45) is 5.92 Å². The molecule has 122 valence electrons. The number of ether oxygens (including phenoxy) is 1. The van der Waals surface area contributed by atoms with Crippen LogP contribution in [-0.4, -0.2) is 57.2 Å². The van der Waals surface area contributed by atoms with Crippen LogP contribution in [0.3, 0.4) is 0 Å². The predicted octanol–water partition coefficient (Wildman–Crippen LogP) is 0.609. The molecule has 1 aromatic carbocycles. The van der Waals surface area contributed by atoms with Gasteiger partial charge in [-0.1, -0.05) is 12.2 Å². The summed E-state index contributed by atoms with van der Waals surface area (Å²) in [5, 5.41) is 41.2. The fraction of sp³-hybridized carbons (Fsp3) is 0.529. The number of likely N-dealkylation sites (tertiary alicyclic amines) is 1. The summed E-state index contributed by atoms with van der Waals surface area (Å²) in [6.45, 7) is 0.864. The lowest BCUT2D eigenvalue weighted by atomic mass is 9.53. The molecule has 0 radical (unpaired) electrons. The van der Waals surface area contributed by atoms with Crippen LogP contribution < -0.4 is 4.74 Å². The maximum atomic E-state index is 10.5. The molecular weight excluding hydrogens is 298 g/mol. The molecule has 2 aliphatic carbocycles. The van der Waals surface area contributed by atoms with Gasteiger partial charge in [0.05, 0.1) is 0 Å². The minimum absolute atomic E-state index is 0.159. The molecule has 2 aliphatic heterocycles. The van der Waals surface area contributed by atoms with E-state index >= 15 is 0 Å². The van der Waals surface area contributed by atoms with Crippen molar-refractivity contribution in [1.82, 2.24) is 4.90 Å². The topological polar surface area (TPSA) is 93.4 Å². The quantitative estimate of drug-likeness (QED) is 0.414. The van der Waals surface area contributed by atoms with Gasteiger partial charge in [-0.05, 0) is 26.4 Å². The van der Waals surface area contributed by atoms with E-state index in [4.69, 9.17) is 4.74 Å². The maximum absolute atomic E-state index is 10.5. The van der Waals surface area contributed by atoms with Gasteiger partial charge >= 0.3 is 0 Å². The summed E-state index contributed by atoms with van der Waals surface area (Å²) >= 11 is 0. The molecule has 5 atom stereocenters. The van der Waals surface area contributed by atoms with Gasteiger partial charge in [0, 0.05) is 28.5 Å². The van der Waals surface area contributed by atoms with E-state index in [2.05, 4.69) is 18.0 Å². The first-order valence-electron chi connectivity index (χ1n) is 8.00. The molecule has 23 heavy (non-hydrogen) atoms. The van der Waals surface area contributed by atoms with Crippen molar-refractivity contribution in [3.05, 3.63) is 23.3 Å². The molecule has 1 aromatic rings. The Morgan fingerprint density at radius 3 is 2.74 bits per heavy atom. The van der Waals surface area contributed by atoms with Gasteiger partial charge in [-0.15, -0.1) is 0 Å². The number of likely N-dealkylation sites (N-methyl/N-ethyl adjacent to an activating group) is 1. The summed E-state index contributed by atoms with van der Waals surface area (Å²) in [5.74, 6) is -0.820. The van der Waals surface area contributed by atoms with Gasteiger partial charge in [-0.25, -0.2) is 0 Å². The highest BCUT2D eigenvalue weighted by Gasteiger charge is 2.65. The predicted molar refractivity (Wildman–Crippen MR) is 80.9 cm³/mol. The lowest BCUT2D eigenvalue weighted by Gasteiger charge is -2.56. The fourth-order valence-electron chi connectivity index (χ4n) is 5.35. The Kier molecular flexibility index (Phi) is 2.31. The SMILES string of the molecule is CN1CC[C@]23c4c5c(O)c(O)c(O)c4O[C@H]2[C@@H](O)C=C[C@H]3[C@H]1C5. The number of aliphatic hydroxyl groups is 1. The van der Waals surface area contributed by atoms with Gasteiger partial charge in [0.15, 0.2) is 11.5 Å². The van der Waals surface area contributed by atoms with Gasteiger partial charge in [0.1, 0.15) is 12.2 Å². The maximum Gasteiger partial charge on any atom is 0.204 e. The number of nitrogens with zero attached hydrogens (tertiary/aromatic N) is 1. The zero-order valence-electron chi connectivity index (χ0n) is 12.7. The van der Waals surface area contributed by atoms with E-state index < -0.39 is 29.1 Å². The number of rotatable bonds is 0. The monoisotopic (exact) mass is 317 g/mol. The van der Waals surface area contributed by atoms with E-state index in [1.165, 1.54) is 0 Å². The summed E-state index contributed by atoms with van der Waals surface area (Å²) in [5.41, 5.74) is 0.984. The third-order valence-electron chi connectivity index (χ3n) is 6.39. The smallest absolute Gasteiger partial charge is 0.204 e. The summed E-state index contributed by atoms with van der Waals surface area (Å²) in [4.78, 5) is 2.26. The molecule has 0 unspecified atom stereocenters. The lowest BCUT2D eigenvalue weighted by molar-refractivity contribution is -0.0455. The van der Waals surface area contributed by atoms with Crippen molar-refractivity contribution >= 4 is 0 Å². The second kappa shape index (κ2) is 3.94. The first-order chi connectivity index (χ1) is 11.0. The van der Waals surface area contributed by atoms with Crippen LogP contribution in [0.25, 0.3) is 0 Å². The van der Waals surface area contributed by atoms with Crippen molar-refractivity contribution in [1.29, 1.82) is 0 Å². The number of phenols is 3. The second-order valence-corrected chi connectivity index (χ2v) is 7.21. The third-order valence-corrected chi connectivity index (χ3v) is 6.39. The van der Waals surface area contributed by atoms with E-state index in [-0.39, 0.29) is 23.5 Å². The molecular formula is C17H19NO5. The summed E-state index contributed by atoms with van der Waals surface area (Å²) in [6.07, 6.45) is 3.94. The first kappa shape index (κ1) is 13.5. The standard InChI is InChI=1S/C17H19NO5/c1-18-5-4-17-8-2-3-10(19)16(17)23-15-11(17)7(6-9(8)18)12(20)13(21)14(15)22/h2-3,8-10,16,19-22H,4-6H2,1H3/t8-,9+,10-,16-,17-/m0/s1. The number of phenolic OH excluding ortho intramolecular Hbond substituents is 3. The molecule has 4 aliphatic rings. The van der Waals surface area contributed by atoms with Crippen molar-refractivity contribution < 1.29 is 25.2 Å². The molecule has 2 heterocycles. The van der Waals surface area contributed by atoms with Crippen molar-refractivity contribution in [2.75, 3.05) is 13.6 Å². The molecule has 0 aromatic heterocycles. The molecule has 1 fully saturated rings. The van der Waals surface area contributed by atoms with Crippen molar-refractivity contribution in [2.45, 2.75) is 36.5 Å². The normalized spacial score (nSPS) is 39.9. The molecule has 6 nitrogen and oxygen atoms in total. The van der Waals surface area contributed by atoms with Crippen LogP contribution in [-0.2, 0) is 11.8 Å². The molecule has 1 saturated heterocycles. The van der Waals surface area contributed by atoms with Crippen LogP contribution in [0.4, 0.5) is 0 Å². The van der Waals surface area contributed by atoms with Gasteiger partial charge in [0.25, 0.3) is 0 Å². The first-order valence-corrected chi connectivity index (χ1v) is 8.00. The molecule has 0 saturated carbocycles. The Hall–Kier alpha value is -1.92. The van der Waals surface area contributed by atoms with Crippen LogP contribution in [0, 0.1) is 5.92 Å². The molecule has 2 bridgehead atoms. The third kappa shape index (κ3) is 1.30. The Labute approximate surface area is 133 Å². The zero-order valence-corrected chi connectivity index (χ0v) is 12.7. The molecule has 1 spiro atoms. The summed E-state index contributed by atoms with van der Waals surface area (Å²) in [7, 11) is 2.06. The largest absolute Gasteiger partial charge is 0.504 e. The minimum atomic E-state index is -0.766. The van der Waals surface area contributed by atoms with Gasteiger partial charge < -0.3 is 30.1 Å². The second-order valence-electron chi connectivity index (χ2n) is 7.21. The Balaban J connectivity index is 1.88. The van der Waals surface area contributed by atoms with Crippen LogP contribution in [0.2, 0.25) is 0 Å². The number of benzene rings is 1. The van der Waals surface area contributed by atoms with Gasteiger partial charge in [-0.3, -0.25) is 0 Å². The minimum Gasteiger partial charge on any atom is -0.504 e. The van der Waals surface area contributed by atoms with Gasteiger partial charge in [-0.2, -0.15) is 0 Å². The van der Waals surface area contributed by atoms with Crippen molar-refractivity contribution in [3.63, 3.8) is 0 Å². The summed E-state index contributed by atoms with van der Waals surface area (Å²) < 4.78 is 5.95. The average molecular weight is 317 g/mol. The Bertz CT molecular complexity index is 760. The van der Waals surface area contributed by atoms with Gasteiger partial charge in [0.2, 0.25) is 11.5 Å². The summed E-state index contributed by atoms with van der Waals surface area (Å²) in [6, 6.07) is 0.173. The van der Waals surface area contributed by atoms with E-state index in [0.29, 0.717) is 12.0 Å². The number of hydrogen-bond donors (Lipinski definition) is 4. The number of hydrogen-bond acceptors (Lipinski definition) is 6. The Morgan fingerprint density at radius 2 is 1.96 bits per heavy atom. The van der Waals surface area contributed by atoms with E-state index in [1.807, 2.05) is 0 Å². The van der Waals surface area contributed by atoms with Crippen LogP contribution in [0.1, 0.15) is 17.5 Å². The number of aliphatic hydroxyl groups excluding tert-OH is 1. The molecule has 0 amide bonds. The van der Waals surface area contributed by atoms with E-state index in [9.17, 15) is 20.4 Å². The Morgan fingerprint density at radius 1 is 1.17 bits per heavy atom. The van der Waals surface area contributed by atoms with Crippen LogP contribution in [0.5, 0.6) is 23.0 Å². The fourth-order valence-corrected chi connectivity index (χ4v) is 5.35. The van der Waals surface area contributed by atoms with Crippen LogP contribution >= 0.6 is 0 Å². The average Bonchev–Trinajstić information content (AvgIpc) is 2.88. The van der Waals surface area contributed by atoms with E-state index in [0.717, 1.165) is 18.5 Å². The lowest BCUT2D eigenvalue weighted by Crippen LogP contribution is -2.64. The highest BCUT2D eigenvalue weighted by Crippen LogP contribution is 2.65. The highest BCUT2D eigenvalue weighted by atomic mass is 16.5. The van der Waals surface area contributed by atoms with Crippen LogP contribution in [0.15, 0.2) is 12.2 Å². The molecule has 4 N–H and O–H groups in total.